The fraction of sp³-hybridized carbons (Fsp3) is 0.737. The van der Waals surface area contributed by atoms with Crippen molar-refractivity contribution in [1.82, 2.24) is 5.06 Å². The van der Waals surface area contributed by atoms with Gasteiger partial charge >= 0.3 is 0 Å². The van der Waals surface area contributed by atoms with E-state index in [9.17, 15) is 10.0 Å². The van der Waals surface area contributed by atoms with Crippen LogP contribution >= 0.6 is 0 Å². The van der Waals surface area contributed by atoms with Crippen molar-refractivity contribution in [1.29, 1.82) is 0 Å². The summed E-state index contributed by atoms with van der Waals surface area (Å²) in [6.45, 7) is 10.1. The number of hydrogen-bond donors (Lipinski definition) is 1. The lowest BCUT2D eigenvalue weighted by atomic mass is 9.71. The molecule has 1 unspecified atom stereocenters. The zero-order chi connectivity index (χ0) is 22.2. The van der Waals surface area contributed by atoms with Crippen LogP contribution in [0.1, 0.15) is 60.3 Å². The van der Waals surface area contributed by atoms with Crippen LogP contribution in [0.25, 0.3) is 0 Å². The first-order chi connectivity index (χ1) is 14.4. The molecule has 0 aromatic rings. The second-order valence-corrected chi connectivity index (χ2v) is 7.18. The van der Waals surface area contributed by atoms with E-state index in [4.69, 9.17) is 29.3 Å². The summed E-state index contributed by atoms with van der Waals surface area (Å²) in [7, 11) is 0. The molecule has 172 valence electrons. The van der Waals surface area contributed by atoms with Crippen LogP contribution in [0.2, 0.25) is 0 Å². The van der Waals surface area contributed by atoms with Gasteiger partial charge in [-0.1, -0.05) is 25.8 Å². The first-order valence-corrected chi connectivity index (χ1v) is 10.1. The van der Waals surface area contributed by atoms with Gasteiger partial charge in [0.1, 0.15) is 5.76 Å². The standard InChI is InChI=1S/C19H31NO10/c1-6-9-23-17-14(4)19(13-16(21)20(19)22)15(26-30-29-25-11-8-3)12-18(17,5)27-28-24-10-7-2/h12,22H,6-11,13H2,1-5H3/t18-,19?/m0/s1. The number of carbonyl (C=O) groups excluding carboxylic acids is 1. The van der Waals surface area contributed by atoms with Crippen molar-refractivity contribution in [2.75, 3.05) is 19.8 Å². The molecule has 30 heavy (non-hydrogen) atoms. The lowest BCUT2D eigenvalue weighted by Gasteiger charge is -2.51. The van der Waals surface area contributed by atoms with Gasteiger partial charge in [-0.2, -0.15) is 4.89 Å². The van der Waals surface area contributed by atoms with Crippen molar-refractivity contribution < 1.29 is 49.4 Å². The van der Waals surface area contributed by atoms with Gasteiger partial charge in [0.2, 0.25) is 0 Å². The Morgan fingerprint density at radius 2 is 1.67 bits per heavy atom. The third-order valence-electron chi connectivity index (χ3n) is 4.71. The second kappa shape index (κ2) is 11.0. The molecule has 0 aromatic carbocycles. The molecule has 1 amide bonds. The molecule has 11 nitrogen and oxygen atoms in total. The Morgan fingerprint density at radius 1 is 1.03 bits per heavy atom. The highest BCUT2D eigenvalue weighted by molar-refractivity contribution is 5.87. The normalized spacial score (nSPS) is 26.1. The van der Waals surface area contributed by atoms with Crippen molar-refractivity contribution in [3.05, 3.63) is 23.2 Å². The quantitative estimate of drug-likeness (QED) is 0.144. The van der Waals surface area contributed by atoms with Gasteiger partial charge in [-0.3, -0.25) is 10.0 Å². The summed E-state index contributed by atoms with van der Waals surface area (Å²) in [6, 6.07) is 0. The monoisotopic (exact) mass is 433 g/mol. The van der Waals surface area contributed by atoms with Crippen molar-refractivity contribution in [3.8, 4) is 0 Å². The summed E-state index contributed by atoms with van der Waals surface area (Å²) in [5, 5.41) is 25.0. The number of hydrogen-bond acceptors (Lipinski definition) is 10. The zero-order valence-corrected chi connectivity index (χ0v) is 18.1. The van der Waals surface area contributed by atoms with E-state index in [1.165, 1.54) is 6.08 Å². The lowest BCUT2D eigenvalue weighted by molar-refractivity contribution is -0.627. The molecule has 1 aliphatic heterocycles. The Balaban J connectivity index is 2.31. The number of nitrogens with zero attached hydrogens (tertiary/aromatic N) is 1. The molecule has 2 aliphatic rings. The van der Waals surface area contributed by atoms with Crippen LogP contribution in [0, 0.1) is 0 Å². The Morgan fingerprint density at radius 3 is 2.23 bits per heavy atom. The fourth-order valence-electron chi connectivity index (χ4n) is 3.16. The van der Waals surface area contributed by atoms with Gasteiger partial charge in [-0.05, 0) is 38.1 Å². The minimum absolute atomic E-state index is 0.0349. The molecule has 0 aromatic heterocycles. The Hall–Kier alpha value is -1.73. The summed E-state index contributed by atoms with van der Waals surface area (Å²) in [4.78, 5) is 32.3. The van der Waals surface area contributed by atoms with Crippen molar-refractivity contribution in [2.24, 2.45) is 0 Å². The number of carbonyl (C=O) groups is 1. The van der Waals surface area contributed by atoms with Gasteiger partial charge in [-0.25, -0.2) is 14.8 Å². The fourth-order valence-corrected chi connectivity index (χ4v) is 3.16. The summed E-state index contributed by atoms with van der Waals surface area (Å²) in [5.74, 6) is -0.104. The summed E-state index contributed by atoms with van der Waals surface area (Å²) < 4.78 is 5.91. The first kappa shape index (κ1) is 24.5. The van der Waals surface area contributed by atoms with Gasteiger partial charge in [0.15, 0.2) is 16.9 Å². The number of amides is 1. The van der Waals surface area contributed by atoms with E-state index < -0.39 is 17.0 Å². The van der Waals surface area contributed by atoms with Crippen LogP contribution in [0.3, 0.4) is 0 Å². The molecule has 0 bridgehead atoms. The van der Waals surface area contributed by atoms with Gasteiger partial charge in [-0.15, -0.1) is 0 Å². The van der Waals surface area contributed by atoms with Crippen LogP contribution in [-0.2, 0) is 44.2 Å². The average molecular weight is 433 g/mol. The smallest absolute Gasteiger partial charge is 0.250 e. The Kier molecular flexibility index (Phi) is 9.04. The molecule has 0 saturated carbocycles. The molecule has 1 spiro atoms. The zero-order valence-electron chi connectivity index (χ0n) is 18.1. The van der Waals surface area contributed by atoms with Gasteiger partial charge in [0.05, 0.1) is 26.2 Å². The highest BCUT2D eigenvalue weighted by Crippen LogP contribution is 2.51. The highest BCUT2D eigenvalue weighted by Gasteiger charge is 2.62. The van der Waals surface area contributed by atoms with E-state index in [0.29, 0.717) is 36.0 Å². The SMILES string of the molecule is CCCOOOOC1=C[C@](C)(OOOCCC)C(OCCC)=C(C)C12CC(=O)N2O. The second-order valence-electron chi connectivity index (χ2n) is 7.18. The number of ether oxygens (including phenoxy) is 1. The summed E-state index contributed by atoms with van der Waals surface area (Å²) >= 11 is 0. The van der Waals surface area contributed by atoms with E-state index in [1.807, 2.05) is 20.8 Å². The molecular formula is C19H31NO10. The molecule has 1 heterocycles. The predicted molar refractivity (Wildman–Crippen MR) is 99.3 cm³/mol. The molecule has 1 saturated heterocycles. The molecule has 1 aliphatic carbocycles. The number of β-lactam (4-membered cyclic amide) rings is 1. The molecule has 0 radical (unpaired) electrons. The number of rotatable bonds is 14. The maximum absolute atomic E-state index is 11.9. The van der Waals surface area contributed by atoms with E-state index in [0.717, 1.165) is 12.8 Å². The van der Waals surface area contributed by atoms with E-state index in [1.54, 1.807) is 13.8 Å². The summed E-state index contributed by atoms with van der Waals surface area (Å²) in [6.07, 6.45) is 3.55. The Bertz CT molecular complexity index is 651. The van der Waals surface area contributed by atoms with Gasteiger partial charge in [0.25, 0.3) is 5.91 Å². The largest absolute Gasteiger partial charge is 0.494 e. The maximum atomic E-state index is 11.9. The van der Waals surface area contributed by atoms with Gasteiger partial charge in [0, 0.05) is 16.7 Å². The molecular weight excluding hydrogens is 402 g/mol. The van der Waals surface area contributed by atoms with Crippen LogP contribution in [0.5, 0.6) is 0 Å². The lowest BCUT2D eigenvalue weighted by Crippen LogP contribution is -2.66. The molecule has 2 atom stereocenters. The van der Waals surface area contributed by atoms with E-state index in [-0.39, 0.29) is 18.8 Å². The third kappa shape index (κ3) is 4.94. The maximum Gasteiger partial charge on any atom is 0.250 e. The third-order valence-corrected chi connectivity index (χ3v) is 4.71. The van der Waals surface area contributed by atoms with Crippen molar-refractivity contribution in [3.63, 3.8) is 0 Å². The average Bonchev–Trinajstić information content (AvgIpc) is 2.73. The van der Waals surface area contributed by atoms with Crippen molar-refractivity contribution >= 4 is 5.91 Å². The topological polar surface area (TPSA) is 114 Å². The summed E-state index contributed by atoms with van der Waals surface area (Å²) in [5.41, 5.74) is -2.16. The Labute approximate surface area is 175 Å². The molecule has 2 rings (SSSR count). The number of hydroxylamine groups is 2. The van der Waals surface area contributed by atoms with Crippen LogP contribution in [-0.4, -0.2) is 47.1 Å². The van der Waals surface area contributed by atoms with Crippen LogP contribution < -0.4 is 0 Å². The van der Waals surface area contributed by atoms with E-state index in [2.05, 4.69) is 10.1 Å². The molecule has 11 heteroatoms. The van der Waals surface area contributed by atoms with Crippen molar-refractivity contribution in [2.45, 2.75) is 71.4 Å². The highest BCUT2D eigenvalue weighted by atomic mass is 17.7. The minimum Gasteiger partial charge on any atom is -0.494 e. The van der Waals surface area contributed by atoms with Gasteiger partial charge < -0.3 is 9.62 Å². The molecule has 1 fully saturated rings. The van der Waals surface area contributed by atoms with E-state index >= 15 is 0 Å². The van der Waals surface area contributed by atoms with Crippen LogP contribution in [0.4, 0.5) is 0 Å². The minimum atomic E-state index is -1.33. The van der Waals surface area contributed by atoms with Crippen LogP contribution in [0.15, 0.2) is 23.2 Å². The molecule has 1 N–H and O–H groups in total. The predicted octanol–water partition coefficient (Wildman–Crippen LogP) is 3.21. The first-order valence-electron chi connectivity index (χ1n) is 10.1.